The SMILES string of the molecule is CCC1(CC)CCC(N(C(=O)C(C)(C)CO)[C@@H]2CN[C@H](C(=O)N3CCN(C)CC3)C2)CC1. The number of amides is 2. The number of likely N-dealkylation sites (N-methyl/N-ethyl adjacent to an activating group) is 1. The Morgan fingerprint density at radius 1 is 1.06 bits per heavy atom. The molecule has 184 valence electrons. The molecule has 2 atom stereocenters. The van der Waals surface area contributed by atoms with Gasteiger partial charge in [-0.2, -0.15) is 0 Å². The summed E-state index contributed by atoms with van der Waals surface area (Å²) >= 11 is 0. The number of hydrogen-bond donors (Lipinski definition) is 2. The van der Waals surface area contributed by atoms with Gasteiger partial charge in [-0.15, -0.1) is 0 Å². The Bertz CT molecular complexity index is 646. The van der Waals surface area contributed by atoms with Gasteiger partial charge in [0, 0.05) is 44.8 Å². The van der Waals surface area contributed by atoms with Crippen molar-refractivity contribution in [1.29, 1.82) is 0 Å². The van der Waals surface area contributed by atoms with Crippen molar-refractivity contribution in [3.8, 4) is 0 Å². The van der Waals surface area contributed by atoms with E-state index >= 15 is 0 Å². The van der Waals surface area contributed by atoms with E-state index in [9.17, 15) is 14.7 Å². The van der Waals surface area contributed by atoms with Crippen LogP contribution in [0.3, 0.4) is 0 Å². The summed E-state index contributed by atoms with van der Waals surface area (Å²) in [5.74, 6) is 0.207. The standard InChI is InChI=1S/C25H46N4O3/c1-6-25(7-2)10-8-19(9-11-25)29(23(32)24(3,4)18-30)20-16-21(26-17-20)22(31)28-14-12-27(5)13-15-28/h19-21,26,30H,6-18H2,1-5H3/t20-,21-/m0/s1. The minimum Gasteiger partial charge on any atom is -0.395 e. The molecule has 0 spiro atoms. The summed E-state index contributed by atoms with van der Waals surface area (Å²) in [5, 5.41) is 13.4. The fourth-order valence-electron chi connectivity index (χ4n) is 5.86. The van der Waals surface area contributed by atoms with E-state index in [0.29, 0.717) is 18.4 Å². The second-order valence-corrected chi connectivity index (χ2v) is 11.2. The van der Waals surface area contributed by atoms with Crippen molar-refractivity contribution in [3.05, 3.63) is 0 Å². The summed E-state index contributed by atoms with van der Waals surface area (Å²) in [6.45, 7) is 12.1. The predicted octanol–water partition coefficient (Wildman–Crippen LogP) is 2.09. The van der Waals surface area contributed by atoms with Crippen LogP contribution in [0, 0.1) is 10.8 Å². The van der Waals surface area contributed by atoms with E-state index in [-0.39, 0.29) is 36.5 Å². The van der Waals surface area contributed by atoms with Crippen LogP contribution in [0.15, 0.2) is 0 Å². The van der Waals surface area contributed by atoms with Crippen LogP contribution in [0.25, 0.3) is 0 Å². The fourth-order valence-corrected chi connectivity index (χ4v) is 5.86. The van der Waals surface area contributed by atoms with Gasteiger partial charge in [0.25, 0.3) is 0 Å². The molecule has 3 aliphatic rings. The number of piperazine rings is 1. The maximum absolute atomic E-state index is 13.6. The predicted molar refractivity (Wildman–Crippen MR) is 127 cm³/mol. The number of rotatable bonds is 7. The van der Waals surface area contributed by atoms with Gasteiger partial charge < -0.3 is 25.1 Å². The molecule has 3 rings (SSSR count). The smallest absolute Gasteiger partial charge is 0.239 e. The number of aliphatic hydroxyl groups excluding tert-OH is 1. The zero-order valence-corrected chi connectivity index (χ0v) is 21.0. The minimum absolute atomic E-state index is 0.00972. The first-order valence-corrected chi connectivity index (χ1v) is 12.8. The van der Waals surface area contributed by atoms with Gasteiger partial charge in [-0.25, -0.2) is 0 Å². The zero-order valence-electron chi connectivity index (χ0n) is 21.0. The number of nitrogens with zero attached hydrogens (tertiary/aromatic N) is 3. The highest BCUT2D eigenvalue weighted by atomic mass is 16.3. The monoisotopic (exact) mass is 450 g/mol. The molecule has 7 heteroatoms. The van der Waals surface area contributed by atoms with Gasteiger partial charge in [0.05, 0.1) is 18.1 Å². The van der Waals surface area contributed by atoms with Crippen LogP contribution in [0.2, 0.25) is 0 Å². The molecule has 0 aromatic rings. The molecule has 0 bridgehead atoms. The van der Waals surface area contributed by atoms with E-state index in [4.69, 9.17) is 0 Å². The average molecular weight is 451 g/mol. The molecule has 2 N–H and O–H groups in total. The third kappa shape index (κ3) is 5.31. The second kappa shape index (κ2) is 10.4. The van der Waals surface area contributed by atoms with E-state index in [2.05, 4.69) is 36.0 Å². The molecule has 2 heterocycles. The first-order chi connectivity index (χ1) is 15.2. The highest BCUT2D eigenvalue weighted by molar-refractivity contribution is 5.84. The topological polar surface area (TPSA) is 76.1 Å². The van der Waals surface area contributed by atoms with Gasteiger partial charge in [0.1, 0.15) is 0 Å². The van der Waals surface area contributed by atoms with E-state index < -0.39 is 5.41 Å². The van der Waals surface area contributed by atoms with Crippen molar-refractivity contribution in [2.24, 2.45) is 10.8 Å². The lowest BCUT2D eigenvalue weighted by Crippen LogP contribution is -2.55. The lowest BCUT2D eigenvalue weighted by molar-refractivity contribution is -0.149. The van der Waals surface area contributed by atoms with Gasteiger partial charge in [-0.1, -0.05) is 26.7 Å². The molecular formula is C25H46N4O3. The Kier molecular flexibility index (Phi) is 8.26. The molecule has 0 aromatic heterocycles. The van der Waals surface area contributed by atoms with E-state index in [1.807, 2.05) is 18.7 Å². The molecule has 7 nitrogen and oxygen atoms in total. The third-order valence-electron chi connectivity index (χ3n) is 8.73. The van der Waals surface area contributed by atoms with Crippen LogP contribution in [0.1, 0.15) is 72.6 Å². The van der Waals surface area contributed by atoms with Gasteiger partial charge in [0.2, 0.25) is 11.8 Å². The summed E-state index contributed by atoms with van der Waals surface area (Å²) in [6, 6.07) is -0.00996. The summed E-state index contributed by atoms with van der Waals surface area (Å²) in [7, 11) is 2.09. The van der Waals surface area contributed by atoms with Crippen LogP contribution in [-0.2, 0) is 9.59 Å². The van der Waals surface area contributed by atoms with Crippen LogP contribution in [0.4, 0.5) is 0 Å². The third-order valence-corrected chi connectivity index (χ3v) is 8.73. The van der Waals surface area contributed by atoms with Crippen molar-refractivity contribution in [3.63, 3.8) is 0 Å². The van der Waals surface area contributed by atoms with Gasteiger partial charge in [0.15, 0.2) is 0 Å². The molecule has 0 aromatic carbocycles. The number of carbonyl (C=O) groups excluding carboxylic acids is 2. The quantitative estimate of drug-likeness (QED) is 0.621. The van der Waals surface area contributed by atoms with E-state index in [1.165, 1.54) is 12.8 Å². The summed E-state index contributed by atoms with van der Waals surface area (Å²) in [6.07, 6.45) is 7.39. The van der Waals surface area contributed by atoms with Crippen molar-refractivity contribution >= 4 is 11.8 Å². The molecule has 2 saturated heterocycles. The largest absolute Gasteiger partial charge is 0.395 e. The summed E-state index contributed by atoms with van der Waals surface area (Å²) in [5.41, 5.74) is -0.394. The van der Waals surface area contributed by atoms with E-state index in [1.54, 1.807) is 0 Å². The van der Waals surface area contributed by atoms with Crippen LogP contribution < -0.4 is 5.32 Å². The number of nitrogens with one attached hydrogen (secondary N) is 1. The molecule has 0 unspecified atom stereocenters. The van der Waals surface area contributed by atoms with Gasteiger partial charge in [-0.05, 0) is 58.4 Å². The highest BCUT2D eigenvalue weighted by Crippen LogP contribution is 2.44. The Labute approximate surface area is 194 Å². The first kappa shape index (κ1) is 25.4. The fraction of sp³-hybridized carbons (Fsp3) is 0.920. The first-order valence-electron chi connectivity index (χ1n) is 12.8. The summed E-state index contributed by atoms with van der Waals surface area (Å²) < 4.78 is 0. The van der Waals surface area contributed by atoms with Crippen LogP contribution in [0.5, 0.6) is 0 Å². The maximum atomic E-state index is 13.6. The summed E-state index contributed by atoms with van der Waals surface area (Å²) in [4.78, 5) is 33.1. The van der Waals surface area contributed by atoms with E-state index in [0.717, 1.165) is 51.9 Å². The number of hydrogen-bond acceptors (Lipinski definition) is 5. The molecule has 3 fully saturated rings. The molecule has 32 heavy (non-hydrogen) atoms. The molecule has 2 aliphatic heterocycles. The van der Waals surface area contributed by atoms with Crippen molar-refractivity contribution in [1.82, 2.24) is 20.0 Å². The number of carbonyl (C=O) groups is 2. The van der Waals surface area contributed by atoms with Crippen molar-refractivity contribution in [2.45, 2.75) is 90.8 Å². The molecule has 1 aliphatic carbocycles. The van der Waals surface area contributed by atoms with Crippen LogP contribution in [-0.4, -0.2) is 96.1 Å². The van der Waals surface area contributed by atoms with Gasteiger partial charge >= 0.3 is 0 Å². The second-order valence-electron chi connectivity index (χ2n) is 11.2. The molecule has 2 amide bonds. The minimum atomic E-state index is -0.802. The molecule has 1 saturated carbocycles. The Balaban J connectivity index is 1.72. The Hall–Kier alpha value is -1.18. The molecular weight excluding hydrogens is 404 g/mol. The van der Waals surface area contributed by atoms with Crippen molar-refractivity contribution in [2.75, 3.05) is 46.4 Å². The highest BCUT2D eigenvalue weighted by Gasteiger charge is 2.45. The lowest BCUT2D eigenvalue weighted by atomic mass is 9.68. The maximum Gasteiger partial charge on any atom is 0.239 e. The number of aliphatic hydroxyl groups is 1. The zero-order chi connectivity index (χ0) is 23.5. The molecule has 0 radical (unpaired) electrons. The normalized spacial score (nSPS) is 27.5. The average Bonchev–Trinajstić information content (AvgIpc) is 3.29. The lowest BCUT2D eigenvalue weighted by Gasteiger charge is -2.46. The Morgan fingerprint density at radius 2 is 1.66 bits per heavy atom. The van der Waals surface area contributed by atoms with Crippen LogP contribution >= 0.6 is 0 Å². The van der Waals surface area contributed by atoms with Gasteiger partial charge in [-0.3, -0.25) is 9.59 Å². The van der Waals surface area contributed by atoms with Crippen molar-refractivity contribution < 1.29 is 14.7 Å². The Morgan fingerprint density at radius 3 is 2.19 bits per heavy atom.